The smallest absolute Gasteiger partial charge is 0.312 e. The van der Waals surface area contributed by atoms with Crippen molar-refractivity contribution in [1.29, 1.82) is 0 Å². The van der Waals surface area contributed by atoms with Gasteiger partial charge in [-0.2, -0.15) is 0 Å². The van der Waals surface area contributed by atoms with E-state index in [1.54, 1.807) is 0 Å². The van der Waals surface area contributed by atoms with Crippen LogP contribution in [0.3, 0.4) is 0 Å². The SMILES string of the molecule is CO[C@]12CC(=O)O[C@]13C(=O)CCC(=O)[C@]3(O[C@H]1CC[C@H](OCc3ccccc3)[C@H](C)O1)CO2. The Bertz CT molecular complexity index is 949. The van der Waals surface area contributed by atoms with Gasteiger partial charge in [-0.15, -0.1) is 0 Å². The fraction of sp³-hybridized carbons (Fsp3) is 0.625. The molecule has 5 rings (SSSR count). The third-order valence-corrected chi connectivity index (χ3v) is 7.23. The third-order valence-electron chi connectivity index (χ3n) is 7.23. The zero-order valence-electron chi connectivity index (χ0n) is 18.7. The Morgan fingerprint density at radius 1 is 1.06 bits per heavy atom. The number of hydrogen-bond acceptors (Lipinski definition) is 9. The van der Waals surface area contributed by atoms with Crippen molar-refractivity contribution in [3.8, 4) is 0 Å². The van der Waals surface area contributed by atoms with Crippen LogP contribution in [0, 0.1) is 0 Å². The zero-order chi connectivity index (χ0) is 23.3. The molecule has 1 spiro atoms. The van der Waals surface area contributed by atoms with Crippen LogP contribution in [-0.2, 0) is 49.4 Å². The van der Waals surface area contributed by atoms with Crippen molar-refractivity contribution >= 4 is 17.5 Å². The van der Waals surface area contributed by atoms with Gasteiger partial charge in [0.2, 0.25) is 11.4 Å². The standard InChI is InChI=1S/C24H28O9/c1-15-17(29-13-16-6-4-3-5-7-16)8-11-21(31-15)33-22-14-30-23(28-2)12-20(27)32-24(22,23)19(26)10-9-18(22)25/h3-7,15,17,21H,8-14H2,1-2H3/t15-,17-,21-,22+,23-,24-/m0/s1. The van der Waals surface area contributed by atoms with Crippen molar-refractivity contribution in [3.05, 3.63) is 35.9 Å². The molecule has 0 bridgehead atoms. The fourth-order valence-corrected chi connectivity index (χ4v) is 5.53. The summed E-state index contributed by atoms with van der Waals surface area (Å²) in [6.07, 6.45) is -0.548. The lowest BCUT2D eigenvalue weighted by molar-refractivity contribution is -0.292. The van der Waals surface area contributed by atoms with E-state index in [0.29, 0.717) is 19.4 Å². The van der Waals surface area contributed by atoms with E-state index in [-0.39, 0.29) is 43.9 Å². The minimum Gasteiger partial charge on any atom is -0.441 e. The highest BCUT2D eigenvalue weighted by atomic mass is 16.8. The third kappa shape index (κ3) is 3.29. The van der Waals surface area contributed by atoms with Gasteiger partial charge in [-0.3, -0.25) is 14.4 Å². The van der Waals surface area contributed by atoms with Gasteiger partial charge >= 0.3 is 5.97 Å². The molecular formula is C24H28O9. The maximum atomic E-state index is 13.2. The number of rotatable bonds is 6. The van der Waals surface area contributed by atoms with E-state index in [0.717, 1.165) is 5.56 Å². The molecule has 6 atom stereocenters. The Labute approximate surface area is 191 Å². The summed E-state index contributed by atoms with van der Waals surface area (Å²) in [6.45, 7) is 2.10. The molecule has 0 aromatic heterocycles. The second-order valence-corrected chi connectivity index (χ2v) is 9.05. The first-order chi connectivity index (χ1) is 15.9. The lowest BCUT2D eigenvalue weighted by Gasteiger charge is -2.47. The van der Waals surface area contributed by atoms with Crippen molar-refractivity contribution in [3.63, 3.8) is 0 Å². The summed E-state index contributed by atoms with van der Waals surface area (Å²) in [5.74, 6) is -3.13. The number of Topliss-reactive ketones (excluding diaryl/α,β-unsaturated/α-hetero) is 2. The summed E-state index contributed by atoms with van der Waals surface area (Å²) in [7, 11) is 1.33. The van der Waals surface area contributed by atoms with Gasteiger partial charge in [0.1, 0.15) is 6.42 Å². The number of ether oxygens (including phenoxy) is 6. The Hall–Kier alpha value is -2.17. The van der Waals surface area contributed by atoms with E-state index in [1.807, 2.05) is 37.3 Å². The number of esters is 1. The summed E-state index contributed by atoms with van der Waals surface area (Å²) in [4.78, 5) is 38.7. The summed E-state index contributed by atoms with van der Waals surface area (Å²) >= 11 is 0. The van der Waals surface area contributed by atoms with Gasteiger partial charge < -0.3 is 28.4 Å². The number of carbonyl (C=O) groups is 3. The minimum absolute atomic E-state index is 0.0215. The molecule has 178 valence electrons. The Kier molecular flexibility index (Phi) is 5.65. The lowest BCUT2D eigenvalue weighted by atomic mass is 9.67. The van der Waals surface area contributed by atoms with E-state index in [9.17, 15) is 14.4 Å². The van der Waals surface area contributed by atoms with Crippen molar-refractivity contribution < 1.29 is 42.8 Å². The molecule has 3 saturated heterocycles. The first-order valence-corrected chi connectivity index (χ1v) is 11.3. The van der Waals surface area contributed by atoms with Crippen LogP contribution in [0.2, 0.25) is 0 Å². The molecule has 0 amide bonds. The molecule has 33 heavy (non-hydrogen) atoms. The Morgan fingerprint density at radius 2 is 1.82 bits per heavy atom. The van der Waals surface area contributed by atoms with Gasteiger partial charge in [0, 0.05) is 26.4 Å². The van der Waals surface area contributed by atoms with Crippen LogP contribution in [0.5, 0.6) is 0 Å². The minimum atomic E-state index is -1.96. The second-order valence-electron chi connectivity index (χ2n) is 9.05. The molecule has 1 aliphatic carbocycles. The van der Waals surface area contributed by atoms with Crippen molar-refractivity contribution in [2.75, 3.05) is 13.7 Å². The summed E-state index contributed by atoms with van der Waals surface area (Å²) in [6, 6.07) is 9.86. The highest BCUT2D eigenvalue weighted by Gasteiger charge is 2.85. The quantitative estimate of drug-likeness (QED) is 0.588. The number of hydrogen-bond donors (Lipinski definition) is 0. The molecule has 0 radical (unpaired) electrons. The van der Waals surface area contributed by atoms with Crippen molar-refractivity contribution in [2.24, 2.45) is 0 Å². The Balaban J connectivity index is 1.33. The molecule has 4 fully saturated rings. The molecule has 1 saturated carbocycles. The van der Waals surface area contributed by atoms with Gasteiger partial charge in [0.15, 0.2) is 17.9 Å². The molecule has 0 N–H and O–H groups in total. The molecule has 3 aliphatic heterocycles. The molecule has 4 aliphatic rings. The highest BCUT2D eigenvalue weighted by Crippen LogP contribution is 2.58. The van der Waals surface area contributed by atoms with Gasteiger partial charge in [0.25, 0.3) is 5.60 Å². The predicted molar refractivity (Wildman–Crippen MR) is 111 cm³/mol. The van der Waals surface area contributed by atoms with Crippen molar-refractivity contribution in [1.82, 2.24) is 0 Å². The van der Waals surface area contributed by atoms with Crippen LogP contribution in [-0.4, -0.2) is 66.7 Å². The number of methoxy groups -OCH3 is 1. The summed E-state index contributed by atoms with van der Waals surface area (Å²) in [5.41, 5.74) is -2.70. The van der Waals surface area contributed by atoms with Gasteiger partial charge in [0.05, 0.1) is 25.4 Å². The zero-order valence-corrected chi connectivity index (χ0v) is 18.7. The normalized spacial score (nSPS) is 40.4. The van der Waals surface area contributed by atoms with E-state index in [1.165, 1.54) is 7.11 Å². The fourth-order valence-electron chi connectivity index (χ4n) is 5.53. The van der Waals surface area contributed by atoms with Gasteiger partial charge in [-0.25, -0.2) is 0 Å². The van der Waals surface area contributed by atoms with Crippen LogP contribution in [0.15, 0.2) is 30.3 Å². The topological polar surface area (TPSA) is 107 Å². The second kappa shape index (κ2) is 8.25. The summed E-state index contributed by atoms with van der Waals surface area (Å²) in [5, 5.41) is 0. The first-order valence-electron chi connectivity index (χ1n) is 11.3. The van der Waals surface area contributed by atoms with Crippen LogP contribution >= 0.6 is 0 Å². The molecule has 3 heterocycles. The maximum Gasteiger partial charge on any atom is 0.312 e. The van der Waals surface area contributed by atoms with E-state index >= 15 is 0 Å². The predicted octanol–water partition coefficient (Wildman–Crippen LogP) is 1.84. The monoisotopic (exact) mass is 460 g/mol. The van der Waals surface area contributed by atoms with Crippen molar-refractivity contribution in [2.45, 2.75) is 81.1 Å². The van der Waals surface area contributed by atoms with Gasteiger partial charge in [-0.05, 0) is 18.9 Å². The molecular weight excluding hydrogens is 432 g/mol. The van der Waals surface area contributed by atoms with Crippen LogP contribution in [0.4, 0.5) is 0 Å². The number of ketones is 2. The molecule has 1 aromatic rings. The van der Waals surface area contributed by atoms with E-state index in [4.69, 9.17) is 28.4 Å². The average molecular weight is 460 g/mol. The number of carbonyl (C=O) groups excluding carboxylic acids is 3. The Morgan fingerprint density at radius 3 is 2.55 bits per heavy atom. The largest absolute Gasteiger partial charge is 0.441 e. The average Bonchev–Trinajstić information content (AvgIpc) is 3.26. The molecule has 9 heteroatoms. The van der Waals surface area contributed by atoms with E-state index < -0.39 is 35.0 Å². The molecule has 0 unspecified atom stereocenters. The lowest BCUT2D eigenvalue weighted by Crippen LogP contribution is -2.73. The van der Waals surface area contributed by atoms with E-state index in [2.05, 4.69) is 0 Å². The van der Waals surface area contributed by atoms with Crippen LogP contribution in [0.1, 0.15) is 44.6 Å². The summed E-state index contributed by atoms with van der Waals surface area (Å²) < 4.78 is 35.3. The van der Waals surface area contributed by atoms with Crippen LogP contribution < -0.4 is 0 Å². The highest BCUT2D eigenvalue weighted by molar-refractivity contribution is 6.09. The maximum absolute atomic E-state index is 13.2. The molecule has 1 aromatic carbocycles. The first kappa shape index (κ1) is 22.6. The van der Waals surface area contributed by atoms with Crippen LogP contribution in [0.25, 0.3) is 0 Å². The van der Waals surface area contributed by atoms with Gasteiger partial charge in [-0.1, -0.05) is 30.3 Å². The number of benzene rings is 1. The molecule has 9 nitrogen and oxygen atoms in total.